The van der Waals surface area contributed by atoms with E-state index in [4.69, 9.17) is 4.74 Å². The summed E-state index contributed by atoms with van der Waals surface area (Å²) in [6, 6.07) is 0. The van der Waals surface area contributed by atoms with Crippen molar-refractivity contribution in [3.63, 3.8) is 0 Å². The van der Waals surface area contributed by atoms with Crippen molar-refractivity contribution in [2.24, 2.45) is 5.92 Å². The van der Waals surface area contributed by atoms with E-state index < -0.39 is 0 Å². The lowest BCUT2D eigenvalue weighted by atomic mass is 9.96. The third kappa shape index (κ3) is 1.84. The second-order valence-corrected chi connectivity index (χ2v) is 3.36. The highest BCUT2D eigenvalue weighted by atomic mass is 16.5. The predicted molar refractivity (Wildman–Crippen MR) is 43.0 cm³/mol. The minimum absolute atomic E-state index is 0.432. The van der Waals surface area contributed by atoms with Crippen LogP contribution < -0.4 is 0 Å². The van der Waals surface area contributed by atoms with Gasteiger partial charge in [0.05, 0.1) is 12.7 Å². The van der Waals surface area contributed by atoms with Gasteiger partial charge in [-0.3, -0.25) is 0 Å². The minimum Gasteiger partial charge on any atom is -0.377 e. The average Bonchev–Trinajstić information content (AvgIpc) is 1.88. The molecular weight excluding hydrogens is 124 g/mol. The van der Waals surface area contributed by atoms with Gasteiger partial charge in [-0.25, -0.2) is 0 Å². The van der Waals surface area contributed by atoms with E-state index in [1.165, 1.54) is 5.57 Å². The van der Waals surface area contributed by atoms with Crippen LogP contribution >= 0.6 is 0 Å². The Balaban J connectivity index is 2.39. The molecule has 58 valence electrons. The third-order valence-electron chi connectivity index (χ3n) is 2.02. The van der Waals surface area contributed by atoms with Crippen LogP contribution in [0.25, 0.3) is 0 Å². The van der Waals surface area contributed by atoms with Crippen molar-refractivity contribution in [3.05, 3.63) is 12.2 Å². The van der Waals surface area contributed by atoms with E-state index in [1.807, 2.05) is 0 Å². The first-order valence-electron chi connectivity index (χ1n) is 3.98. The molecule has 1 atom stereocenters. The molecule has 1 heterocycles. The van der Waals surface area contributed by atoms with Gasteiger partial charge in [-0.2, -0.15) is 0 Å². The van der Waals surface area contributed by atoms with E-state index in [1.54, 1.807) is 0 Å². The van der Waals surface area contributed by atoms with Crippen molar-refractivity contribution in [2.45, 2.75) is 32.8 Å². The molecule has 1 nitrogen and oxygen atoms in total. The van der Waals surface area contributed by atoms with E-state index in [0.29, 0.717) is 12.0 Å². The Morgan fingerprint density at radius 2 is 2.30 bits per heavy atom. The van der Waals surface area contributed by atoms with Crippen LogP contribution in [0.1, 0.15) is 26.7 Å². The van der Waals surface area contributed by atoms with Crippen molar-refractivity contribution >= 4 is 0 Å². The summed E-state index contributed by atoms with van der Waals surface area (Å²) in [7, 11) is 0. The van der Waals surface area contributed by atoms with Gasteiger partial charge in [0, 0.05) is 0 Å². The summed E-state index contributed by atoms with van der Waals surface area (Å²) in [5.74, 6) is 0.636. The highest BCUT2D eigenvalue weighted by Crippen LogP contribution is 2.22. The second kappa shape index (κ2) is 3.20. The molecule has 0 aromatic rings. The van der Waals surface area contributed by atoms with E-state index in [-0.39, 0.29) is 0 Å². The minimum atomic E-state index is 0.432. The van der Waals surface area contributed by atoms with Gasteiger partial charge < -0.3 is 4.74 Å². The largest absolute Gasteiger partial charge is 0.377 e. The van der Waals surface area contributed by atoms with Crippen LogP contribution in [0.2, 0.25) is 0 Å². The van der Waals surface area contributed by atoms with Crippen molar-refractivity contribution in [2.75, 3.05) is 6.61 Å². The van der Waals surface area contributed by atoms with Crippen LogP contribution in [-0.2, 0) is 4.74 Å². The van der Waals surface area contributed by atoms with Gasteiger partial charge >= 0.3 is 0 Å². The van der Waals surface area contributed by atoms with Crippen LogP contribution in [0.3, 0.4) is 0 Å². The monoisotopic (exact) mass is 140 g/mol. The lowest BCUT2D eigenvalue weighted by molar-refractivity contribution is 0.00675. The van der Waals surface area contributed by atoms with Crippen molar-refractivity contribution < 1.29 is 4.74 Å². The smallest absolute Gasteiger partial charge is 0.0635 e. The fourth-order valence-corrected chi connectivity index (χ4v) is 1.23. The Kier molecular flexibility index (Phi) is 2.50. The highest BCUT2D eigenvalue weighted by Gasteiger charge is 2.18. The molecule has 1 aliphatic heterocycles. The van der Waals surface area contributed by atoms with Crippen molar-refractivity contribution in [1.82, 2.24) is 0 Å². The van der Waals surface area contributed by atoms with Crippen LogP contribution in [-0.4, -0.2) is 12.7 Å². The molecule has 1 fully saturated rings. The normalized spacial score (nSPS) is 27.5. The fraction of sp³-hybridized carbons (Fsp3) is 0.778. The van der Waals surface area contributed by atoms with Gasteiger partial charge in [-0.1, -0.05) is 26.0 Å². The number of hydrogen-bond acceptors (Lipinski definition) is 1. The molecule has 0 aromatic carbocycles. The molecule has 1 unspecified atom stereocenters. The zero-order valence-corrected chi connectivity index (χ0v) is 6.89. The Hall–Kier alpha value is -0.300. The van der Waals surface area contributed by atoms with Gasteiger partial charge in [0.25, 0.3) is 0 Å². The average molecular weight is 140 g/mol. The van der Waals surface area contributed by atoms with Crippen LogP contribution in [0.5, 0.6) is 0 Å². The molecule has 0 N–H and O–H groups in total. The van der Waals surface area contributed by atoms with E-state index in [0.717, 1.165) is 19.4 Å². The molecule has 1 saturated heterocycles. The Morgan fingerprint density at radius 3 is 2.70 bits per heavy atom. The van der Waals surface area contributed by atoms with E-state index in [2.05, 4.69) is 20.4 Å². The Bertz CT molecular complexity index is 127. The Labute approximate surface area is 63.1 Å². The lowest BCUT2D eigenvalue weighted by Crippen LogP contribution is -2.25. The molecule has 10 heavy (non-hydrogen) atoms. The maximum absolute atomic E-state index is 5.55. The second-order valence-electron chi connectivity index (χ2n) is 3.36. The molecule has 1 aliphatic rings. The third-order valence-corrected chi connectivity index (χ3v) is 2.02. The number of hydrogen-bond donors (Lipinski definition) is 0. The van der Waals surface area contributed by atoms with Gasteiger partial charge in [0.2, 0.25) is 0 Å². The maximum Gasteiger partial charge on any atom is 0.0635 e. The predicted octanol–water partition coefficient (Wildman–Crippen LogP) is 2.38. The molecule has 1 heteroatoms. The molecule has 1 rings (SSSR count). The summed E-state index contributed by atoms with van der Waals surface area (Å²) in [6.45, 7) is 9.24. The SMILES string of the molecule is C=C1CCOC(C(C)C)C1. The van der Waals surface area contributed by atoms with E-state index in [9.17, 15) is 0 Å². The number of ether oxygens (including phenoxy) is 1. The molecule has 0 aromatic heterocycles. The molecule has 0 radical (unpaired) electrons. The number of rotatable bonds is 1. The summed E-state index contributed by atoms with van der Waals surface area (Å²) in [4.78, 5) is 0. The van der Waals surface area contributed by atoms with Gasteiger partial charge in [0.1, 0.15) is 0 Å². The van der Waals surface area contributed by atoms with Crippen LogP contribution in [0.15, 0.2) is 12.2 Å². The zero-order chi connectivity index (χ0) is 7.56. The molecule has 0 bridgehead atoms. The van der Waals surface area contributed by atoms with Crippen LogP contribution in [0.4, 0.5) is 0 Å². The first-order chi connectivity index (χ1) is 4.70. The van der Waals surface area contributed by atoms with Gasteiger partial charge in [-0.05, 0) is 18.8 Å². The van der Waals surface area contributed by atoms with Gasteiger partial charge in [0.15, 0.2) is 0 Å². The first-order valence-corrected chi connectivity index (χ1v) is 3.98. The zero-order valence-electron chi connectivity index (χ0n) is 6.89. The van der Waals surface area contributed by atoms with Crippen LogP contribution in [0, 0.1) is 5.92 Å². The maximum atomic E-state index is 5.55. The first kappa shape index (κ1) is 7.80. The topological polar surface area (TPSA) is 9.23 Å². The fourth-order valence-electron chi connectivity index (χ4n) is 1.23. The summed E-state index contributed by atoms with van der Waals surface area (Å²) < 4.78 is 5.55. The van der Waals surface area contributed by atoms with Crippen molar-refractivity contribution in [3.8, 4) is 0 Å². The quantitative estimate of drug-likeness (QED) is 0.508. The summed E-state index contributed by atoms with van der Waals surface area (Å²) >= 11 is 0. The molecule has 0 saturated carbocycles. The molecular formula is C9H16O. The standard InChI is InChI=1S/C9H16O/c1-7(2)9-6-8(3)4-5-10-9/h7,9H,3-6H2,1-2H3. The Morgan fingerprint density at radius 1 is 1.60 bits per heavy atom. The van der Waals surface area contributed by atoms with Crippen molar-refractivity contribution in [1.29, 1.82) is 0 Å². The molecule has 0 spiro atoms. The molecule has 0 amide bonds. The lowest BCUT2D eigenvalue weighted by Gasteiger charge is -2.27. The molecule has 0 aliphatic carbocycles. The highest BCUT2D eigenvalue weighted by molar-refractivity contribution is 4.99. The summed E-state index contributed by atoms with van der Waals surface area (Å²) in [6.07, 6.45) is 2.56. The van der Waals surface area contributed by atoms with E-state index >= 15 is 0 Å². The van der Waals surface area contributed by atoms with Gasteiger partial charge in [-0.15, -0.1) is 0 Å². The summed E-state index contributed by atoms with van der Waals surface area (Å²) in [5, 5.41) is 0. The summed E-state index contributed by atoms with van der Waals surface area (Å²) in [5.41, 5.74) is 1.35.